The van der Waals surface area contributed by atoms with Gasteiger partial charge < -0.3 is 19.4 Å². The highest BCUT2D eigenvalue weighted by Gasteiger charge is 2.36. The summed E-state index contributed by atoms with van der Waals surface area (Å²) in [4.78, 5) is 29.0. The van der Waals surface area contributed by atoms with Crippen LogP contribution in [0.15, 0.2) is 36.5 Å². The molecule has 5 heterocycles. The maximum Gasteiger partial charge on any atom is 0.393 e. The van der Waals surface area contributed by atoms with Crippen LogP contribution in [0.2, 0.25) is 0 Å². The van der Waals surface area contributed by atoms with E-state index in [1.807, 2.05) is 10.8 Å². The average molecular weight is 572 g/mol. The number of carbonyl (C=O) groups is 1. The third-order valence-corrected chi connectivity index (χ3v) is 8.09. The molecule has 1 atom stereocenters. The summed E-state index contributed by atoms with van der Waals surface area (Å²) in [6.45, 7) is 2.63. The molecule has 1 saturated carbocycles. The Morgan fingerprint density at radius 3 is 2.70 bits per heavy atom. The van der Waals surface area contributed by atoms with E-state index in [1.54, 1.807) is 24.0 Å². The summed E-state index contributed by atoms with van der Waals surface area (Å²) in [5.74, 6) is -1.06. The van der Waals surface area contributed by atoms with Crippen LogP contribution in [0.4, 0.5) is 24.7 Å². The van der Waals surface area contributed by atoms with Crippen molar-refractivity contribution in [3.63, 3.8) is 0 Å². The molecule has 210 valence electrons. The lowest BCUT2D eigenvalue weighted by atomic mass is 10.1. The lowest BCUT2D eigenvalue weighted by Gasteiger charge is -2.30. The van der Waals surface area contributed by atoms with Crippen molar-refractivity contribution in [1.82, 2.24) is 34.3 Å². The summed E-state index contributed by atoms with van der Waals surface area (Å²) in [5, 5.41) is 12.4. The molecule has 1 aliphatic heterocycles. The number of carbonyl (C=O) groups excluding carboxylic acids is 1. The van der Waals surface area contributed by atoms with Crippen molar-refractivity contribution in [2.75, 3.05) is 23.3 Å². The van der Waals surface area contributed by atoms with Gasteiger partial charge in [0.05, 0.1) is 35.5 Å². The number of alkyl halides is 3. The van der Waals surface area contributed by atoms with Crippen LogP contribution >= 0.6 is 11.3 Å². The highest BCUT2D eigenvalue weighted by molar-refractivity contribution is 7.13. The summed E-state index contributed by atoms with van der Waals surface area (Å²) < 4.78 is 42.5. The molecule has 0 unspecified atom stereocenters. The largest absolute Gasteiger partial charge is 0.393 e. The number of anilines is 2. The first kappa shape index (κ1) is 26.4. The summed E-state index contributed by atoms with van der Waals surface area (Å²) in [6.07, 6.45) is 8.17. The minimum Gasteiger partial charge on any atom is -0.369 e. The molecule has 1 amide bonds. The van der Waals surface area contributed by atoms with E-state index in [2.05, 4.69) is 35.4 Å². The Bertz CT molecular complexity index is 1500. The van der Waals surface area contributed by atoms with Crippen LogP contribution in [0, 0.1) is 5.92 Å². The van der Waals surface area contributed by atoms with E-state index in [0.29, 0.717) is 10.9 Å². The van der Waals surface area contributed by atoms with Gasteiger partial charge in [0.25, 0.3) is 5.91 Å². The monoisotopic (exact) mass is 571 g/mol. The third kappa shape index (κ3) is 5.58. The molecule has 10 nitrogen and oxygen atoms in total. The zero-order chi connectivity index (χ0) is 27.9. The van der Waals surface area contributed by atoms with Crippen LogP contribution in [0.5, 0.6) is 0 Å². The molecule has 0 spiro atoms. The Hall–Kier alpha value is -3.81. The van der Waals surface area contributed by atoms with Gasteiger partial charge in [-0.3, -0.25) is 4.79 Å². The fraction of sp³-hybridized carbons (Fsp3) is 0.462. The van der Waals surface area contributed by atoms with Gasteiger partial charge in [-0.2, -0.15) is 13.2 Å². The molecule has 4 aromatic rings. The molecule has 1 N–H and O–H groups in total. The summed E-state index contributed by atoms with van der Waals surface area (Å²) in [7, 11) is 0. The number of pyridine rings is 1. The normalized spacial score (nSPS) is 16.8. The van der Waals surface area contributed by atoms with Crippen LogP contribution in [-0.2, 0) is 6.54 Å². The first-order valence-electron chi connectivity index (χ1n) is 13.3. The molecule has 40 heavy (non-hydrogen) atoms. The standard InChI is InChI=1S/C26H28F3N9OS/c1-16(26(27,28)29)11-38-15-32-35-23(38)25-34-22(13-40-25)33-24(39)18-9-20(37-12-19(31-14-37)17-5-6-17)21(10-30-18)36-7-3-2-4-8-36/h9-10,12-17H,2-8,11H2,1H3,(H,33,39)/t16-/m1/s1. The lowest BCUT2D eigenvalue weighted by molar-refractivity contribution is -0.172. The number of imidazole rings is 1. The second-order valence-electron chi connectivity index (χ2n) is 10.3. The zero-order valence-electron chi connectivity index (χ0n) is 21.8. The van der Waals surface area contributed by atoms with E-state index in [-0.39, 0.29) is 23.9 Å². The molecular weight excluding hydrogens is 543 g/mol. The van der Waals surface area contributed by atoms with Crippen LogP contribution in [0.3, 0.4) is 0 Å². The molecule has 0 bridgehead atoms. The summed E-state index contributed by atoms with van der Waals surface area (Å²) >= 11 is 1.16. The summed E-state index contributed by atoms with van der Waals surface area (Å²) in [5.41, 5.74) is 3.07. The van der Waals surface area contributed by atoms with Crippen molar-refractivity contribution in [2.45, 2.75) is 57.7 Å². The fourth-order valence-electron chi connectivity index (χ4n) is 4.77. The van der Waals surface area contributed by atoms with Crippen LogP contribution in [-0.4, -0.2) is 59.5 Å². The average Bonchev–Trinajstić information content (AvgIpc) is 3.29. The second kappa shape index (κ2) is 10.6. The van der Waals surface area contributed by atoms with E-state index < -0.39 is 18.0 Å². The van der Waals surface area contributed by atoms with Crippen molar-refractivity contribution in [3.05, 3.63) is 47.9 Å². The van der Waals surface area contributed by atoms with Gasteiger partial charge in [0.15, 0.2) is 10.8 Å². The maximum atomic E-state index is 13.2. The molecule has 2 aliphatic rings. The minimum absolute atomic E-state index is 0.208. The number of halogens is 3. The van der Waals surface area contributed by atoms with Crippen molar-refractivity contribution < 1.29 is 18.0 Å². The Labute approximate surface area is 232 Å². The molecule has 2 fully saturated rings. The van der Waals surface area contributed by atoms with Gasteiger partial charge in [0.2, 0.25) is 0 Å². The molecule has 0 aromatic carbocycles. The number of thiazole rings is 1. The van der Waals surface area contributed by atoms with E-state index in [1.165, 1.54) is 17.3 Å². The molecule has 6 rings (SSSR count). The Balaban J connectivity index is 1.23. The van der Waals surface area contributed by atoms with Gasteiger partial charge in [0, 0.05) is 37.1 Å². The number of nitrogens with one attached hydrogen (secondary N) is 1. The molecule has 0 radical (unpaired) electrons. The SMILES string of the molecule is C[C@H](Cn1cnnc1-c1nc(NC(=O)c2cc(-n3cnc(C4CC4)c3)c(N3CCCCC3)cn2)cs1)C(F)(F)F. The van der Waals surface area contributed by atoms with Crippen LogP contribution in [0.1, 0.15) is 61.1 Å². The van der Waals surface area contributed by atoms with E-state index in [4.69, 9.17) is 0 Å². The first-order chi connectivity index (χ1) is 19.3. The number of nitrogens with zero attached hydrogens (tertiary/aromatic N) is 8. The topological polar surface area (TPSA) is 107 Å². The van der Waals surface area contributed by atoms with Gasteiger partial charge >= 0.3 is 6.18 Å². The Kier molecular flexibility index (Phi) is 7.02. The van der Waals surface area contributed by atoms with Gasteiger partial charge in [0.1, 0.15) is 17.8 Å². The minimum atomic E-state index is -4.34. The van der Waals surface area contributed by atoms with E-state index >= 15 is 0 Å². The maximum absolute atomic E-state index is 13.2. The van der Waals surface area contributed by atoms with Crippen LogP contribution < -0.4 is 10.2 Å². The quantitative estimate of drug-likeness (QED) is 0.306. The summed E-state index contributed by atoms with van der Waals surface area (Å²) in [6, 6.07) is 1.76. The van der Waals surface area contributed by atoms with Crippen molar-refractivity contribution in [3.8, 4) is 16.5 Å². The van der Waals surface area contributed by atoms with Crippen LogP contribution in [0.25, 0.3) is 16.5 Å². The number of hydrogen-bond acceptors (Lipinski definition) is 8. The van der Waals surface area contributed by atoms with Gasteiger partial charge in [-0.1, -0.05) is 6.92 Å². The van der Waals surface area contributed by atoms with E-state index in [9.17, 15) is 18.0 Å². The highest BCUT2D eigenvalue weighted by atomic mass is 32.1. The number of rotatable bonds is 8. The number of aromatic nitrogens is 7. The predicted octanol–water partition coefficient (Wildman–Crippen LogP) is 5.30. The zero-order valence-corrected chi connectivity index (χ0v) is 22.6. The molecule has 14 heteroatoms. The molecule has 1 saturated heterocycles. The number of amides is 1. The molecule has 1 aliphatic carbocycles. The fourth-order valence-corrected chi connectivity index (χ4v) is 5.52. The van der Waals surface area contributed by atoms with Gasteiger partial charge in [-0.15, -0.1) is 21.5 Å². The van der Waals surface area contributed by atoms with Gasteiger partial charge in [-0.25, -0.2) is 15.0 Å². The molecule has 4 aromatic heterocycles. The highest BCUT2D eigenvalue weighted by Crippen LogP contribution is 2.39. The smallest absolute Gasteiger partial charge is 0.369 e. The first-order valence-corrected chi connectivity index (χ1v) is 14.2. The van der Waals surface area contributed by atoms with Crippen molar-refractivity contribution in [2.24, 2.45) is 5.92 Å². The number of piperidine rings is 1. The second-order valence-corrected chi connectivity index (χ2v) is 11.2. The van der Waals surface area contributed by atoms with Crippen molar-refractivity contribution in [1.29, 1.82) is 0 Å². The third-order valence-electron chi connectivity index (χ3n) is 7.25. The van der Waals surface area contributed by atoms with Crippen molar-refractivity contribution >= 4 is 28.7 Å². The Morgan fingerprint density at radius 2 is 1.95 bits per heavy atom. The Morgan fingerprint density at radius 1 is 1.15 bits per heavy atom. The number of hydrogen-bond donors (Lipinski definition) is 1. The lowest BCUT2D eigenvalue weighted by Crippen LogP contribution is -2.30. The van der Waals surface area contributed by atoms with Gasteiger partial charge in [-0.05, 0) is 38.2 Å². The van der Waals surface area contributed by atoms with E-state index in [0.717, 1.165) is 74.1 Å². The predicted molar refractivity (Wildman–Crippen MR) is 144 cm³/mol. The molecular formula is C26H28F3N9OS.